The highest BCUT2D eigenvalue weighted by molar-refractivity contribution is 14.0. The van der Waals surface area contributed by atoms with E-state index in [2.05, 4.69) is 39.9 Å². The first-order chi connectivity index (χ1) is 11.3. The van der Waals surface area contributed by atoms with Crippen LogP contribution in [-0.2, 0) is 6.54 Å². The summed E-state index contributed by atoms with van der Waals surface area (Å²) in [4.78, 5) is 5.82. The van der Waals surface area contributed by atoms with Crippen molar-refractivity contribution in [1.82, 2.24) is 10.6 Å². The minimum atomic E-state index is 0. The van der Waals surface area contributed by atoms with E-state index in [1.807, 2.05) is 36.9 Å². The number of nitrogens with zero attached hydrogens (tertiary/aromatic N) is 1. The van der Waals surface area contributed by atoms with E-state index in [4.69, 9.17) is 0 Å². The highest BCUT2D eigenvalue weighted by Crippen LogP contribution is 2.15. The lowest BCUT2D eigenvalue weighted by Crippen LogP contribution is -2.38. The molecule has 0 atom stereocenters. The number of thioether (sulfide) groups is 1. The standard InChI is InChI=1S/C18H23N3OS.HI/c1-2-19-18(21-14-15-7-6-8-16(22)13-15)20-11-12-23-17-9-4-3-5-10-17;/h3-10,13,22H,2,11-12,14H2,1H3,(H2,19,20,21);1H. The fourth-order valence-corrected chi connectivity index (χ4v) is 2.81. The normalized spacial score (nSPS) is 10.8. The zero-order chi connectivity index (χ0) is 16.3. The molecule has 3 N–H and O–H groups in total. The lowest BCUT2D eigenvalue weighted by atomic mass is 10.2. The van der Waals surface area contributed by atoms with Crippen LogP contribution in [0, 0.1) is 0 Å². The van der Waals surface area contributed by atoms with Gasteiger partial charge in [-0.25, -0.2) is 4.99 Å². The third-order valence-electron chi connectivity index (χ3n) is 3.08. The van der Waals surface area contributed by atoms with E-state index < -0.39 is 0 Å². The van der Waals surface area contributed by atoms with Gasteiger partial charge in [-0.3, -0.25) is 0 Å². The van der Waals surface area contributed by atoms with Crippen molar-refractivity contribution in [3.63, 3.8) is 0 Å². The molecule has 2 aromatic carbocycles. The van der Waals surface area contributed by atoms with E-state index >= 15 is 0 Å². The van der Waals surface area contributed by atoms with E-state index in [1.165, 1.54) is 4.90 Å². The van der Waals surface area contributed by atoms with Crippen LogP contribution in [0.4, 0.5) is 0 Å². The van der Waals surface area contributed by atoms with Gasteiger partial charge in [-0.1, -0.05) is 30.3 Å². The number of hydrogen-bond acceptors (Lipinski definition) is 3. The largest absolute Gasteiger partial charge is 0.508 e. The molecule has 0 aromatic heterocycles. The maximum Gasteiger partial charge on any atom is 0.191 e. The van der Waals surface area contributed by atoms with Crippen molar-refractivity contribution in [3.05, 3.63) is 60.2 Å². The van der Waals surface area contributed by atoms with Gasteiger partial charge < -0.3 is 15.7 Å². The number of rotatable bonds is 7. The Morgan fingerprint density at radius 1 is 1.08 bits per heavy atom. The van der Waals surface area contributed by atoms with Crippen molar-refractivity contribution >= 4 is 41.7 Å². The van der Waals surface area contributed by atoms with Crippen LogP contribution in [-0.4, -0.2) is 29.9 Å². The topological polar surface area (TPSA) is 56.7 Å². The minimum absolute atomic E-state index is 0. The highest BCUT2D eigenvalue weighted by Gasteiger charge is 1.99. The van der Waals surface area contributed by atoms with Crippen molar-refractivity contribution in [1.29, 1.82) is 0 Å². The van der Waals surface area contributed by atoms with Gasteiger partial charge in [-0.2, -0.15) is 0 Å². The van der Waals surface area contributed by atoms with Gasteiger partial charge >= 0.3 is 0 Å². The Kier molecular flexibility index (Phi) is 10.3. The van der Waals surface area contributed by atoms with Crippen molar-refractivity contribution in [3.8, 4) is 5.75 Å². The van der Waals surface area contributed by atoms with Crippen molar-refractivity contribution in [2.75, 3.05) is 18.8 Å². The summed E-state index contributed by atoms with van der Waals surface area (Å²) in [7, 11) is 0. The molecule has 2 rings (SSSR count). The van der Waals surface area contributed by atoms with Gasteiger partial charge in [0.05, 0.1) is 6.54 Å². The van der Waals surface area contributed by atoms with E-state index in [9.17, 15) is 5.11 Å². The van der Waals surface area contributed by atoms with Crippen molar-refractivity contribution in [2.45, 2.75) is 18.4 Å². The van der Waals surface area contributed by atoms with Crippen LogP contribution in [0.15, 0.2) is 64.5 Å². The Bertz CT molecular complexity index is 623. The number of hydrogen-bond donors (Lipinski definition) is 3. The highest BCUT2D eigenvalue weighted by atomic mass is 127. The fourth-order valence-electron chi connectivity index (χ4n) is 2.02. The smallest absolute Gasteiger partial charge is 0.191 e. The second-order valence-electron chi connectivity index (χ2n) is 4.95. The Morgan fingerprint density at radius 2 is 1.88 bits per heavy atom. The molecule has 4 nitrogen and oxygen atoms in total. The van der Waals surface area contributed by atoms with E-state index in [1.54, 1.807) is 12.1 Å². The zero-order valence-electron chi connectivity index (χ0n) is 13.7. The number of guanidine groups is 1. The molecule has 6 heteroatoms. The molecule has 0 heterocycles. The average Bonchev–Trinajstić information content (AvgIpc) is 2.57. The Labute approximate surface area is 165 Å². The summed E-state index contributed by atoms with van der Waals surface area (Å²) < 4.78 is 0. The Hall–Kier alpha value is -1.41. The number of halogens is 1. The molecule has 0 saturated heterocycles. The predicted molar refractivity (Wildman–Crippen MR) is 114 cm³/mol. The lowest BCUT2D eigenvalue weighted by molar-refractivity contribution is 0.474. The van der Waals surface area contributed by atoms with Gasteiger partial charge in [0.2, 0.25) is 0 Å². The first kappa shape index (κ1) is 20.6. The molecule has 0 saturated carbocycles. The quantitative estimate of drug-likeness (QED) is 0.194. The van der Waals surface area contributed by atoms with Crippen molar-refractivity contribution < 1.29 is 5.11 Å². The van der Waals surface area contributed by atoms with Gasteiger partial charge in [0.25, 0.3) is 0 Å². The van der Waals surface area contributed by atoms with Crippen molar-refractivity contribution in [2.24, 2.45) is 4.99 Å². The molecule has 24 heavy (non-hydrogen) atoms. The van der Waals surface area contributed by atoms with Crippen LogP contribution in [0.1, 0.15) is 12.5 Å². The summed E-state index contributed by atoms with van der Waals surface area (Å²) in [6, 6.07) is 17.6. The first-order valence-electron chi connectivity index (χ1n) is 7.76. The van der Waals surface area contributed by atoms with E-state index in [0.29, 0.717) is 6.54 Å². The average molecular weight is 457 g/mol. The summed E-state index contributed by atoms with van der Waals surface area (Å²) in [5.41, 5.74) is 0.987. The van der Waals surface area contributed by atoms with Gasteiger partial charge in [-0.05, 0) is 36.8 Å². The van der Waals surface area contributed by atoms with E-state index in [-0.39, 0.29) is 29.7 Å². The zero-order valence-corrected chi connectivity index (χ0v) is 16.9. The first-order valence-corrected chi connectivity index (χ1v) is 8.74. The number of aliphatic imine (C=N–C) groups is 1. The van der Waals surface area contributed by atoms with Gasteiger partial charge in [0.15, 0.2) is 5.96 Å². The van der Waals surface area contributed by atoms with Gasteiger partial charge in [-0.15, -0.1) is 35.7 Å². The molecule has 0 radical (unpaired) electrons. The van der Waals surface area contributed by atoms with Gasteiger partial charge in [0.1, 0.15) is 5.75 Å². The van der Waals surface area contributed by atoms with Crippen LogP contribution in [0.25, 0.3) is 0 Å². The molecule has 0 aliphatic rings. The molecular weight excluding hydrogens is 433 g/mol. The Morgan fingerprint density at radius 3 is 2.58 bits per heavy atom. The summed E-state index contributed by atoms with van der Waals surface area (Å²) in [5.74, 6) is 2.04. The molecule has 0 bridgehead atoms. The third kappa shape index (κ3) is 7.92. The molecule has 0 aliphatic heterocycles. The SMILES string of the molecule is CCNC(=NCc1cccc(O)c1)NCCSc1ccccc1.I. The lowest BCUT2D eigenvalue weighted by Gasteiger charge is -2.11. The van der Waals surface area contributed by atoms with Crippen LogP contribution in [0.5, 0.6) is 5.75 Å². The maximum absolute atomic E-state index is 9.48. The number of benzene rings is 2. The summed E-state index contributed by atoms with van der Waals surface area (Å²) in [6.45, 7) is 4.24. The summed E-state index contributed by atoms with van der Waals surface area (Å²) in [5, 5.41) is 16.0. The fraction of sp³-hybridized carbons (Fsp3) is 0.278. The molecule has 0 unspecified atom stereocenters. The summed E-state index contributed by atoms with van der Waals surface area (Å²) in [6.07, 6.45) is 0. The molecule has 0 fully saturated rings. The van der Waals surface area contributed by atoms with E-state index in [0.717, 1.165) is 30.4 Å². The molecular formula is C18H24IN3OS. The molecule has 130 valence electrons. The number of nitrogens with one attached hydrogen (secondary N) is 2. The minimum Gasteiger partial charge on any atom is -0.508 e. The second-order valence-corrected chi connectivity index (χ2v) is 6.12. The summed E-state index contributed by atoms with van der Waals surface area (Å²) >= 11 is 1.82. The van der Waals surface area contributed by atoms with Gasteiger partial charge in [0, 0.05) is 23.7 Å². The second kappa shape index (κ2) is 12.0. The molecule has 0 spiro atoms. The van der Waals surface area contributed by atoms with Crippen LogP contribution in [0.2, 0.25) is 0 Å². The molecule has 0 amide bonds. The monoisotopic (exact) mass is 457 g/mol. The number of phenolic OH excluding ortho intramolecular Hbond substituents is 1. The third-order valence-corrected chi connectivity index (χ3v) is 4.09. The number of phenols is 1. The predicted octanol–water partition coefficient (Wildman–Crippen LogP) is 3.86. The van der Waals surface area contributed by atoms with Crippen LogP contribution >= 0.6 is 35.7 Å². The Balaban J connectivity index is 0.00000288. The number of aromatic hydroxyl groups is 1. The van der Waals surface area contributed by atoms with Crippen LogP contribution in [0.3, 0.4) is 0 Å². The molecule has 0 aliphatic carbocycles. The van der Waals surface area contributed by atoms with Crippen LogP contribution < -0.4 is 10.6 Å². The molecule has 2 aromatic rings. The maximum atomic E-state index is 9.48.